The summed E-state index contributed by atoms with van der Waals surface area (Å²) < 4.78 is 10.3. The van der Waals surface area contributed by atoms with Crippen LogP contribution in [0.15, 0.2) is 10.6 Å². The van der Waals surface area contributed by atoms with Gasteiger partial charge in [0.05, 0.1) is 5.69 Å². The number of hydrogen-bond acceptors (Lipinski definition) is 5. The molecule has 1 N–H and O–H groups in total. The summed E-state index contributed by atoms with van der Waals surface area (Å²) in [5.74, 6) is 0.797. The Morgan fingerprint density at radius 2 is 2.50 bits per heavy atom. The Balaban J connectivity index is 1.91. The highest BCUT2D eigenvalue weighted by Crippen LogP contribution is 2.14. The molecule has 0 aromatic carbocycles. The molecule has 0 spiro atoms. The van der Waals surface area contributed by atoms with E-state index in [0.717, 1.165) is 37.6 Å². The van der Waals surface area contributed by atoms with Crippen LogP contribution >= 0.6 is 0 Å². The molecule has 1 aromatic rings. The molecule has 0 radical (unpaired) electrons. The summed E-state index contributed by atoms with van der Waals surface area (Å²) >= 11 is 0. The molecule has 1 aliphatic rings. The van der Waals surface area contributed by atoms with Gasteiger partial charge in [0.25, 0.3) is 0 Å². The van der Waals surface area contributed by atoms with E-state index < -0.39 is 0 Å². The first-order valence-electron chi connectivity index (χ1n) is 6.71. The van der Waals surface area contributed by atoms with Crippen molar-refractivity contribution in [3.63, 3.8) is 0 Å². The number of hydrogen-bond donors (Lipinski definition) is 1. The molecule has 2 rings (SSSR count). The lowest BCUT2D eigenvalue weighted by molar-refractivity contribution is 0.152. The average molecular weight is 253 g/mol. The Bertz CT molecular complexity index is 348. The van der Waals surface area contributed by atoms with Crippen molar-refractivity contribution in [1.82, 2.24) is 15.4 Å². The zero-order valence-corrected chi connectivity index (χ0v) is 11.3. The lowest BCUT2D eigenvalue weighted by Crippen LogP contribution is -2.45. The Morgan fingerprint density at radius 3 is 3.17 bits per heavy atom. The zero-order valence-electron chi connectivity index (χ0n) is 11.3. The molecule has 0 amide bonds. The lowest BCUT2D eigenvalue weighted by atomic mass is 10.1. The molecule has 102 valence electrons. The molecule has 2 heterocycles. The van der Waals surface area contributed by atoms with E-state index in [4.69, 9.17) is 9.26 Å². The fourth-order valence-corrected chi connectivity index (χ4v) is 2.49. The molecule has 0 saturated carbocycles. The maximum atomic E-state index is 5.22. The smallest absolute Gasteiger partial charge is 0.162 e. The highest BCUT2D eigenvalue weighted by atomic mass is 16.5. The number of nitrogens with zero attached hydrogens (tertiary/aromatic N) is 2. The molecule has 1 saturated heterocycles. The molecule has 1 atom stereocenters. The van der Waals surface area contributed by atoms with Crippen LogP contribution in [0.5, 0.6) is 0 Å². The molecular weight excluding hydrogens is 230 g/mol. The number of likely N-dealkylation sites (N-methyl/N-ethyl adjacent to an activating group) is 1. The second kappa shape index (κ2) is 6.87. The van der Waals surface area contributed by atoms with Crippen molar-refractivity contribution >= 4 is 0 Å². The van der Waals surface area contributed by atoms with Gasteiger partial charge in [-0.05, 0) is 25.9 Å². The van der Waals surface area contributed by atoms with Crippen molar-refractivity contribution < 1.29 is 9.26 Å². The van der Waals surface area contributed by atoms with Gasteiger partial charge in [0.2, 0.25) is 0 Å². The lowest BCUT2D eigenvalue weighted by Gasteiger charge is -2.33. The average Bonchev–Trinajstić information content (AvgIpc) is 2.85. The van der Waals surface area contributed by atoms with E-state index in [9.17, 15) is 0 Å². The Labute approximate surface area is 108 Å². The zero-order chi connectivity index (χ0) is 12.8. The van der Waals surface area contributed by atoms with Crippen molar-refractivity contribution in [1.29, 1.82) is 0 Å². The first kappa shape index (κ1) is 13.5. The van der Waals surface area contributed by atoms with Crippen LogP contribution in [-0.2, 0) is 17.9 Å². The number of methoxy groups -OCH3 is 1. The van der Waals surface area contributed by atoms with E-state index in [1.807, 2.05) is 6.07 Å². The van der Waals surface area contributed by atoms with Crippen LogP contribution in [0, 0.1) is 0 Å². The maximum Gasteiger partial charge on any atom is 0.162 e. The molecule has 18 heavy (non-hydrogen) atoms. The molecule has 1 aliphatic heterocycles. The number of piperidine rings is 1. The van der Waals surface area contributed by atoms with E-state index in [0.29, 0.717) is 12.6 Å². The van der Waals surface area contributed by atoms with E-state index in [1.54, 1.807) is 7.11 Å². The number of ether oxygens (including phenoxy) is 1. The second-order valence-corrected chi connectivity index (χ2v) is 4.78. The number of aromatic nitrogens is 1. The monoisotopic (exact) mass is 253 g/mol. The van der Waals surface area contributed by atoms with Crippen molar-refractivity contribution in [3.05, 3.63) is 17.5 Å². The molecule has 1 aromatic heterocycles. The Morgan fingerprint density at radius 1 is 1.61 bits per heavy atom. The second-order valence-electron chi connectivity index (χ2n) is 4.78. The van der Waals surface area contributed by atoms with Crippen LogP contribution in [-0.4, -0.2) is 42.8 Å². The third-order valence-electron chi connectivity index (χ3n) is 3.45. The third-order valence-corrected chi connectivity index (χ3v) is 3.45. The predicted molar refractivity (Wildman–Crippen MR) is 69.2 cm³/mol. The SMILES string of the molecule is CCN(Cc1cc(COC)on1)C1CCCNC1. The van der Waals surface area contributed by atoms with Gasteiger partial charge in [-0.25, -0.2) is 0 Å². The van der Waals surface area contributed by atoms with E-state index in [-0.39, 0.29) is 0 Å². The van der Waals surface area contributed by atoms with Gasteiger partial charge in [-0.2, -0.15) is 0 Å². The molecule has 0 bridgehead atoms. The van der Waals surface area contributed by atoms with Gasteiger partial charge in [-0.3, -0.25) is 4.90 Å². The van der Waals surface area contributed by atoms with Gasteiger partial charge in [0, 0.05) is 32.3 Å². The Hall–Kier alpha value is -0.910. The molecule has 1 fully saturated rings. The minimum atomic E-state index is 0.490. The van der Waals surface area contributed by atoms with Gasteiger partial charge in [-0.1, -0.05) is 12.1 Å². The first-order chi connectivity index (χ1) is 8.83. The van der Waals surface area contributed by atoms with Crippen LogP contribution in [0.2, 0.25) is 0 Å². The summed E-state index contributed by atoms with van der Waals surface area (Å²) in [5, 5.41) is 7.56. The summed E-state index contributed by atoms with van der Waals surface area (Å²) in [5.41, 5.74) is 0.995. The van der Waals surface area contributed by atoms with Gasteiger partial charge in [0.1, 0.15) is 6.61 Å². The summed E-state index contributed by atoms with van der Waals surface area (Å²) in [6.07, 6.45) is 2.53. The highest BCUT2D eigenvalue weighted by molar-refractivity contribution is 5.04. The van der Waals surface area contributed by atoms with E-state index in [2.05, 4.69) is 22.3 Å². The fourth-order valence-electron chi connectivity index (χ4n) is 2.49. The van der Waals surface area contributed by atoms with Crippen molar-refractivity contribution in [2.24, 2.45) is 0 Å². The molecule has 5 heteroatoms. The van der Waals surface area contributed by atoms with Gasteiger partial charge >= 0.3 is 0 Å². The quantitative estimate of drug-likeness (QED) is 0.830. The van der Waals surface area contributed by atoms with E-state index >= 15 is 0 Å². The minimum absolute atomic E-state index is 0.490. The summed E-state index contributed by atoms with van der Waals surface area (Å²) in [7, 11) is 1.66. The predicted octanol–water partition coefficient (Wildman–Crippen LogP) is 1.39. The van der Waals surface area contributed by atoms with Crippen molar-refractivity contribution in [3.8, 4) is 0 Å². The summed E-state index contributed by atoms with van der Waals surface area (Å²) in [6, 6.07) is 2.61. The fraction of sp³-hybridized carbons (Fsp3) is 0.769. The Kier molecular flexibility index (Phi) is 5.16. The summed E-state index contributed by atoms with van der Waals surface area (Å²) in [4.78, 5) is 2.46. The van der Waals surface area contributed by atoms with Crippen LogP contribution in [0.25, 0.3) is 0 Å². The number of nitrogens with one attached hydrogen (secondary N) is 1. The van der Waals surface area contributed by atoms with Crippen LogP contribution < -0.4 is 5.32 Å². The largest absolute Gasteiger partial charge is 0.377 e. The number of rotatable bonds is 6. The van der Waals surface area contributed by atoms with E-state index in [1.165, 1.54) is 12.8 Å². The topological polar surface area (TPSA) is 50.5 Å². The van der Waals surface area contributed by atoms with Gasteiger partial charge in [0.15, 0.2) is 5.76 Å². The standard InChI is InChI=1S/C13H23N3O2/c1-3-16(12-5-4-6-14-8-12)9-11-7-13(10-17-2)18-15-11/h7,12,14H,3-6,8-10H2,1-2H3. The molecule has 0 aliphatic carbocycles. The molecular formula is C13H23N3O2. The van der Waals surface area contributed by atoms with Crippen molar-refractivity contribution in [2.45, 2.75) is 39.0 Å². The van der Waals surface area contributed by atoms with Gasteiger partial charge < -0.3 is 14.6 Å². The molecule has 5 nitrogen and oxygen atoms in total. The molecule has 1 unspecified atom stereocenters. The summed E-state index contributed by atoms with van der Waals surface area (Å²) in [6.45, 7) is 6.82. The normalized spacial score (nSPS) is 20.5. The van der Waals surface area contributed by atoms with Crippen LogP contribution in [0.4, 0.5) is 0 Å². The van der Waals surface area contributed by atoms with Crippen LogP contribution in [0.3, 0.4) is 0 Å². The van der Waals surface area contributed by atoms with Crippen LogP contribution in [0.1, 0.15) is 31.2 Å². The van der Waals surface area contributed by atoms with Crippen molar-refractivity contribution in [2.75, 3.05) is 26.7 Å². The maximum absolute atomic E-state index is 5.22. The highest BCUT2D eigenvalue weighted by Gasteiger charge is 2.20. The third kappa shape index (κ3) is 3.54. The minimum Gasteiger partial charge on any atom is -0.377 e. The van der Waals surface area contributed by atoms with Gasteiger partial charge in [-0.15, -0.1) is 0 Å². The first-order valence-corrected chi connectivity index (χ1v) is 6.71.